The summed E-state index contributed by atoms with van der Waals surface area (Å²) in [4.78, 5) is 34.8. The molecule has 0 amide bonds. The van der Waals surface area contributed by atoms with Crippen LogP contribution in [-0.4, -0.2) is 60.5 Å². The summed E-state index contributed by atoms with van der Waals surface area (Å²) in [5.41, 5.74) is 5.34. The van der Waals surface area contributed by atoms with Crippen molar-refractivity contribution >= 4 is 19.8 Å². The van der Waals surface area contributed by atoms with Crippen LogP contribution in [0.2, 0.25) is 0 Å². The molecular formula is C41H80NO9P. The molecule has 0 aliphatic rings. The van der Waals surface area contributed by atoms with Gasteiger partial charge in [-0.3, -0.25) is 18.6 Å². The van der Waals surface area contributed by atoms with Crippen LogP contribution in [0.25, 0.3) is 0 Å². The number of aliphatic hydroxyl groups is 1. The predicted molar refractivity (Wildman–Crippen MR) is 212 cm³/mol. The minimum atomic E-state index is -4.39. The van der Waals surface area contributed by atoms with Crippen LogP contribution >= 0.6 is 7.82 Å². The van der Waals surface area contributed by atoms with Gasteiger partial charge in [0, 0.05) is 19.4 Å². The number of nitrogens with two attached hydrogens (primary N) is 1. The Kier molecular flexibility index (Phi) is 37.1. The maximum atomic E-state index is 12.6. The molecule has 4 N–H and O–H groups in total. The fourth-order valence-electron chi connectivity index (χ4n) is 6.00. The number of esters is 2. The van der Waals surface area contributed by atoms with Gasteiger partial charge in [-0.2, -0.15) is 0 Å². The monoisotopic (exact) mass is 762 g/mol. The molecule has 0 aromatic heterocycles. The topological polar surface area (TPSA) is 155 Å². The van der Waals surface area contributed by atoms with E-state index in [2.05, 4.69) is 26.0 Å². The number of phosphoric acid groups is 1. The third kappa shape index (κ3) is 37.0. The van der Waals surface area contributed by atoms with Crippen molar-refractivity contribution in [3.8, 4) is 0 Å². The average Bonchev–Trinajstić information content (AvgIpc) is 3.12. The molecule has 308 valence electrons. The maximum absolute atomic E-state index is 12.6. The molecule has 3 unspecified atom stereocenters. The lowest BCUT2D eigenvalue weighted by Crippen LogP contribution is -2.29. The highest BCUT2D eigenvalue weighted by atomic mass is 31.2. The van der Waals surface area contributed by atoms with Gasteiger partial charge in [0.1, 0.15) is 6.61 Å². The normalized spacial score (nSPS) is 14.0. The molecule has 0 fully saturated rings. The molecule has 0 spiro atoms. The van der Waals surface area contributed by atoms with Crippen LogP contribution in [0.3, 0.4) is 0 Å². The van der Waals surface area contributed by atoms with Crippen LogP contribution in [0.4, 0.5) is 0 Å². The Morgan fingerprint density at radius 1 is 0.615 bits per heavy atom. The minimum absolute atomic E-state index is 0.0453. The fourth-order valence-corrected chi connectivity index (χ4v) is 6.77. The fraction of sp³-hybridized carbons (Fsp3) is 0.902. The first-order valence-corrected chi connectivity index (χ1v) is 22.7. The Morgan fingerprint density at radius 3 is 1.58 bits per heavy atom. The summed E-state index contributed by atoms with van der Waals surface area (Å²) in [6.07, 6.45) is 34.0. The lowest BCUT2D eigenvalue weighted by atomic mass is 10.0. The largest absolute Gasteiger partial charge is 0.472 e. The highest BCUT2D eigenvalue weighted by molar-refractivity contribution is 7.47. The highest BCUT2D eigenvalue weighted by Gasteiger charge is 2.26. The Labute approximate surface area is 318 Å². The molecule has 0 rings (SSSR count). The zero-order valence-corrected chi connectivity index (χ0v) is 34.3. The highest BCUT2D eigenvalue weighted by Crippen LogP contribution is 2.43. The maximum Gasteiger partial charge on any atom is 0.472 e. The second kappa shape index (κ2) is 38.0. The van der Waals surface area contributed by atoms with E-state index in [1.54, 1.807) is 0 Å². The van der Waals surface area contributed by atoms with Crippen LogP contribution in [0, 0.1) is 0 Å². The molecule has 0 saturated carbocycles. The zero-order valence-electron chi connectivity index (χ0n) is 33.4. The number of carbonyl (C=O) groups excluding carboxylic acids is 2. The first-order valence-electron chi connectivity index (χ1n) is 21.2. The molecule has 3 atom stereocenters. The van der Waals surface area contributed by atoms with Crippen molar-refractivity contribution in [3.63, 3.8) is 0 Å². The van der Waals surface area contributed by atoms with E-state index in [0.29, 0.717) is 6.42 Å². The summed E-state index contributed by atoms with van der Waals surface area (Å²) in [5, 5.41) is 10.1. The van der Waals surface area contributed by atoms with Crippen molar-refractivity contribution < 1.29 is 42.7 Å². The molecule has 0 aliphatic heterocycles. The number of aliphatic hydroxyl groups excluding tert-OH is 1. The lowest BCUT2D eigenvalue weighted by molar-refractivity contribution is -0.161. The summed E-state index contributed by atoms with van der Waals surface area (Å²) in [6, 6.07) is 0. The number of hydrogen-bond acceptors (Lipinski definition) is 9. The zero-order chi connectivity index (χ0) is 38.4. The van der Waals surface area contributed by atoms with Gasteiger partial charge in [0.05, 0.1) is 19.3 Å². The van der Waals surface area contributed by atoms with Crippen molar-refractivity contribution in [2.45, 2.75) is 212 Å². The lowest BCUT2D eigenvalue weighted by Gasteiger charge is -2.19. The number of allylic oxidation sites excluding steroid dienone is 2. The molecule has 10 nitrogen and oxygen atoms in total. The summed E-state index contributed by atoms with van der Waals surface area (Å²) in [7, 11) is -4.39. The Morgan fingerprint density at radius 2 is 1.06 bits per heavy atom. The van der Waals surface area contributed by atoms with Crippen LogP contribution in [0.5, 0.6) is 0 Å². The van der Waals surface area contributed by atoms with Crippen LogP contribution < -0.4 is 5.73 Å². The predicted octanol–water partition coefficient (Wildman–Crippen LogP) is 10.8. The number of ether oxygens (including phenoxy) is 2. The van der Waals surface area contributed by atoms with Gasteiger partial charge in [-0.15, -0.1) is 0 Å². The standard InChI is InChI=1S/C41H80NO9P/c1-3-5-7-9-10-11-12-13-14-15-16-17-21-24-28-32-40(44)48-36-39(37-50-52(46,47)49-35-34-42)51-41(45)33-29-25-22-19-18-20-23-27-31-38(43)30-26-8-6-4-2/h13-14,38-39,43H,3-12,15-37,42H2,1-2H3,(H,46,47)/b14-13-. The van der Waals surface area contributed by atoms with Crippen LogP contribution in [0.15, 0.2) is 12.2 Å². The van der Waals surface area contributed by atoms with Gasteiger partial charge < -0.3 is 25.2 Å². The number of hydrogen-bond donors (Lipinski definition) is 3. The molecule has 0 aromatic rings. The Hall–Kier alpha value is -1.29. The number of rotatable bonds is 40. The average molecular weight is 762 g/mol. The van der Waals surface area contributed by atoms with E-state index in [9.17, 15) is 24.2 Å². The number of unbranched alkanes of at least 4 members (excludes halogenated alkanes) is 21. The number of carbonyl (C=O) groups is 2. The van der Waals surface area contributed by atoms with Gasteiger partial charge in [0.2, 0.25) is 0 Å². The van der Waals surface area contributed by atoms with E-state index in [1.807, 2.05) is 0 Å². The van der Waals surface area contributed by atoms with Gasteiger partial charge in [0.15, 0.2) is 6.10 Å². The molecular weight excluding hydrogens is 681 g/mol. The molecule has 52 heavy (non-hydrogen) atoms. The molecule has 0 heterocycles. The first-order chi connectivity index (χ1) is 25.2. The van der Waals surface area contributed by atoms with Crippen molar-refractivity contribution in [2.75, 3.05) is 26.4 Å². The van der Waals surface area contributed by atoms with E-state index < -0.39 is 32.5 Å². The molecule has 0 bridgehead atoms. The van der Waals surface area contributed by atoms with E-state index >= 15 is 0 Å². The molecule has 0 saturated heterocycles. The molecule has 0 radical (unpaired) electrons. The SMILES string of the molecule is CCCCCCCC/C=C\CCCCCCCC(=O)OCC(COP(=O)(O)OCCN)OC(=O)CCCCCCCCCCC(O)CCCCCC. The minimum Gasteiger partial charge on any atom is -0.462 e. The second-order valence-corrected chi connectivity index (χ2v) is 15.8. The first kappa shape index (κ1) is 50.7. The summed E-state index contributed by atoms with van der Waals surface area (Å²) in [5.74, 6) is -0.866. The molecule has 11 heteroatoms. The molecule has 0 aromatic carbocycles. The third-order valence-electron chi connectivity index (χ3n) is 9.23. The quantitative estimate of drug-likeness (QED) is 0.0238. The van der Waals surface area contributed by atoms with Crippen molar-refractivity contribution in [3.05, 3.63) is 12.2 Å². The van der Waals surface area contributed by atoms with Gasteiger partial charge in [0.25, 0.3) is 0 Å². The van der Waals surface area contributed by atoms with Gasteiger partial charge >= 0.3 is 19.8 Å². The van der Waals surface area contributed by atoms with Crippen molar-refractivity contribution in [1.82, 2.24) is 0 Å². The van der Waals surface area contributed by atoms with E-state index in [0.717, 1.165) is 103 Å². The van der Waals surface area contributed by atoms with Crippen LogP contribution in [0.1, 0.15) is 200 Å². The third-order valence-corrected chi connectivity index (χ3v) is 10.2. The van der Waals surface area contributed by atoms with Gasteiger partial charge in [-0.05, 0) is 51.4 Å². The van der Waals surface area contributed by atoms with Crippen LogP contribution in [-0.2, 0) is 32.7 Å². The van der Waals surface area contributed by atoms with Gasteiger partial charge in [-0.1, -0.05) is 148 Å². The van der Waals surface area contributed by atoms with E-state index in [-0.39, 0.29) is 38.7 Å². The summed E-state index contributed by atoms with van der Waals surface area (Å²) < 4.78 is 32.7. The smallest absolute Gasteiger partial charge is 0.462 e. The summed E-state index contributed by atoms with van der Waals surface area (Å²) >= 11 is 0. The number of phosphoric ester groups is 1. The van der Waals surface area contributed by atoms with E-state index in [1.165, 1.54) is 64.2 Å². The van der Waals surface area contributed by atoms with Crippen molar-refractivity contribution in [1.29, 1.82) is 0 Å². The van der Waals surface area contributed by atoms with Gasteiger partial charge in [-0.25, -0.2) is 4.57 Å². The van der Waals surface area contributed by atoms with E-state index in [4.69, 9.17) is 24.3 Å². The Balaban J connectivity index is 4.19. The summed E-state index contributed by atoms with van der Waals surface area (Å²) in [6.45, 7) is 3.62. The second-order valence-electron chi connectivity index (χ2n) is 14.4. The molecule has 0 aliphatic carbocycles. The Bertz CT molecular complexity index is 888. The van der Waals surface area contributed by atoms with Crippen molar-refractivity contribution in [2.24, 2.45) is 5.73 Å².